The Morgan fingerprint density at radius 3 is 1.47 bits per heavy atom. The Bertz CT molecular complexity index is 284. The van der Waals surface area contributed by atoms with E-state index < -0.39 is 49.1 Å². The van der Waals surface area contributed by atoms with Gasteiger partial charge in [-0.3, -0.25) is 0 Å². The van der Waals surface area contributed by atoms with E-state index in [1.807, 2.05) is 0 Å². The molecule has 0 fully saturated rings. The topological polar surface area (TPSA) is 134 Å². The van der Waals surface area contributed by atoms with Crippen molar-refractivity contribution in [1.82, 2.24) is 0 Å². The second kappa shape index (κ2) is 7.39. The van der Waals surface area contributed by atoms with E-state index in [1.54, 1.807) is 20.8 Å². The molecule has 0 aromatic heterocycles. The first-order valence-corrected chi connectivity index (χ1v) is 5.62. The average molecular weight is 280 g/mol. The number of hydrogen-bond donors (Lipinski definition) is 4. The fourth-order valence-electron chi connectivity index (χ4n) is 0.895. The van der Waals surface area contributed by atoms with Crippen molar-refractivity contribution in [3.63, 3.8) is 0 Å². The number of hydrogen-bond acceptors (Lipinski definition) is 8. The summed E-state index contributed by atoms with van der Waals surface area (Å²) in [6, 6.07) is 0. The van der Waals surface area contributed by atoms with Crippen LogP contribution in [0.4, 0.5) is 0 Å². The molecule has 0 radical (unpaired) electrons. The van der Waals surface area contributed by atoms with Crippen molar-refractivity contribution in [3.05, 3.63) is 0 Å². The number of rotatable bonds is 6. The highest BCUT2D eigenvalue weighted by molar-refractivity contribution is 5.76. The fraction of sp³-hybridized carbons (Fsp3) is 0.818. The van der Waals surface area contributed by atoms with Crippen LogP contribution in [-0.4, -0.2) is 64.1 Å². The molecular formula is C11H20O8. The molecule has 0 saturated carbocycles. The van der Waals surface area contributed by atoms with Crippen LogP contribution in [-0.2, 0) is 19.1 Å². The molecule has 8 nitrogen and oxygen atoms in total. The van der Waals surface area contributed by atoms with Crippen LogP contribution in [0.25, 0.3) is 0 Å². The Labute approximate surface area is 110 Å². The van der Waals surface area contributed by atoms with Gasteiger partial charge in [-0.1, -0.05) is 20.8 Å². The zero-order valence-electron chi connectivity index (χ0n) is 11.1. The predicted molar refractivity (Wildman–Crippen MR) is 61.6 cm³/mol. The maximum absolute atomic E-state index is 11.3. The lowest BCUT2D eigenvalue weighted by Crippen LogP contribution is -2.42. The van der Waals surface area contributed by atoms with Gasteiger partial charge in [0.05, 0.1) is 13.2 Å². The minimum atomic E-state index is -1.74. The van der Waals surface area contributed by atoms with Crippen LogP contribution in [0.2, 0.25) is 0 Å². The summed E-state index contributed by atoms with van der Waals surface area (Å²) in [6.07, 6.45) is -4.87. The van der Waals surface area contributed by atoms with Crippen LogP contribution in [0.1, 0.15) is 20.8 Å². The molecule has 0 aromatic carbocycles. The number of aliphatic hydroxyl groups excluding tert-OH is 4. The molecular weight excluding hydrogens is 260 g/mol. The SMILES string of the molecule is CC(C)(C)C(OC(=O)C(O)CO)OC(=O)C(O)CO. The van der Waals surface area contributed by atoms with E-state index in [4.69, 9.17) is 29.9 Å². The summed E-state index contributed by atoms with van der Waals surface area (Å²) in [6.45, 7) is 3.12. The molecule has 0 bridgehead atoms. The third-order valence-corrected chi connectivity index (χ3v) is 2.04. The Kier molecular flexibility index (Phi) is 6.91. The van der Waals surface area contributed by atoms with E-state index in [-0.39, 0.29) is 0 Å². The first-order valence-electron chi connectivity index (χ1n) is 5.62. The molecule has 8 heteroatoms. The first-order chi connectivity index (χ1) is 8.63. The predicted octanol–water partition coefficient (Wildman–Crippen LogP) is -1.85. The van der Waals surface area contributed by atoms with Crippen LogP contribution in [0, 0.1) is 5.41 Å². The molecule has 0 amide bonds. The Hall–Kier alpha value is -1.22. The maximum Gasteiger partial charge on any atom is 0.340 e. The van der Waals surface area contributed by atoms with Crippen LogP contribution < -0.4 is 0 Å². The molecule has 0 aromatic rings. The Balaban J connectivity index is 4.76. The van der Waals surface area contributed by atoms with Gasteiger partial charge in [0.2, 0.25) is 0 Å². The maximum atomic E-state index is 11.3. The molecule has 0 heterocycles. The van der Waals surface area contributed by atoms with Gasteiger partial charge >= 0.3 is 11.9 Å². The lowest BCUT2D eigenvalue weighted by molar-refractivity contribution is -0.218. The van der Waals surface area contributed by atoms with E-state index in [9.17, 15) is 9.59 Å². The van der Waals surface area contributed by atoms with Crippen molar-refractivity contribution in [1.29, 1.82) is 0 Å². The molecule has 19 heavy (non-hydrogen) atoms. The van der Waals surface area contributed by atoms with Gasteiger partial charge in [-0.05, 0) is 0 Å². The fourth-order valence-corrected chi connectivity index (χ4v) is 0.895. The molecule has 0 rings (SSSR count). The highest BCUT2D eigenvalue weighted by atomic mass is 16.7. The molecule has 2 unspecified atom stereocenters. The van der Waals surface area contributed by atoms with E-state index in [0.717, 1.165) is 0 Å². The van der Waals surface area contributed by atoms with Crippen molar-refractivity contribution < 1.29 is 39.5 Å². The normalized spacial score (nSPS) is 16.4. The van der Waals surface area contributed by atoms with Gasteiger partial charge in [-0.25, -0.2) is 9.59 Å². The third kappa shape index (κ3) is 5.97. The monoisotopic (exact) mass is 280 g/mol. The van der Waals surface area contributed by atoms with Gasteiger partial charge in [0, 0.05) is 5.41 Å². The standard InChI is InChI=1S/C11H20O8/c1-11(2,3)10(18-8(16)6(14)4-12)19-9(17)7(15)5-13/h6-7,10,12-15H,4-5H2,1-3H3. The second-order valence-corrected chi connectivity index (χ2v) is 4.97. The summed E-state index contributed by atoms with van der Waals surface area (Å²) in [5.41, 5.74) is -0.824. The Morgan fingerprint density at radius 2 is 1.26 bits per heavy atom. The molecule has 0 aliphatic heterocycles. The largest absolute Gasteiger partial charge is 0.423 e. The van der Waals surface area contributed by atoms with E-state index in [2.05, 4.69) is 0 Å². The van der Waals surface area contributed by atoms with Crippen LogP contribution in [0.15, 0.2) is 0 Å². The smallest absolute Gasteiger partial charge is 0.340 e. The summed E-state index contributed by atoms with van der Waals surface area (Å²) >= 11 is 0. The molecule has 2 atom stereocenters. The summed E-state index contributed by atoms with van der Waals surface area (Å²) in [7, 11) is 0. The van der Waals surface area contributed by atoms with Crippen LogP contribution in [0.5, 0.6) is 0 Å². The molecule has 0 saturated heterocycles. The van der Waals surface area contributed by atoms with E-state index >= 15 is 0 Å². The van der Waals surface area contributed by atoms with Crippen LogP contribution >= 0.6 is 0 Å². The van der Waals surface area contributed by atoms with Crippen molar-refractivity contribution >= 4 is 11.9 Å². The number of esters is 2. The van der Waals surface area contributed by atoms with Crippen LogP contribution in [0.3, 0.4) is 0 Å². The number of carbonyl (C=O) groups is 2. The van der Waals surface area contributed by atoms with Gasteiger partial charge in [-0.2, -0.15) is 0 Å². The summed E-state index contributed by atoms with van der Waals surface area (Å²) in [4.78, 5) is 22.6. The zero-order chi connectivity index (χ0) is 15.2. The summed E-state index contributed by atoms with van der Waals surface area (Å²) < 4.78 is 9.50. The number of aliphatic hydroxyl groups is 4. The molecule has 0 aliphatic carbocycles. The summed E-state index contributed by atoms with van der Waals surface area (Å²) in [5.74, 6) is -2.32. The average Bonchev–Trinajstić information content (AvgIpc) is 2.34. The van der Waals surface area contributed by atoms with Gasteiger partial charge in [-0.15, -0.1) is 0 Å². The second-order valence-electron chi connectivity index (χ2n) is 4.97. The molecule has 0 spiro atoms. The highest BCUT2D eigenvalue weighted by Crippen LogP contribution is 2.24. The first kappa shape index (κ1) is 17.8. The Morgan fingerprint density at radius 1 is 0.947 bits per heavy atom. The molecule has 112 valence electrons. The minimum Gasteiger partial charge on any atom is -0.423 e. The van der Waals surface area contributed by atoms with Crippen molar-refractivity contribution in [2.45, 2.75) is 39.3 Å². The van der Waals surface area contributed by atoms with Crippen molar-refractivity contribution in [2.75, 3.05) is 13.2 Å². The number of carbonyl (C=O) groups excluding carboxylic acids is 2. The quantitative estimate of drug-likeness (QED) is 0.329. The van der Waals surface area contributed by atoms with Gasteiger partial charge in [0.1, 0.15) is 0 Å². The van der Waals surface area contributed by atoms with Crippen molar-refractivity contribution in [2.24, 2.45) is 5.41 Å². The van der Waals surface area contributed by atoms with E-state index in [0.29, 0.717) is 0 Å². The van der Waals surface area contributed by atoms with Gasteiger partial charge < -0.3 is 29.9 Å². The number of ether oxygens (including phenoxy) is 2. The third-order valence-electron chi connectivity index (χ3n) is 2.04. The molecule has 0 aliphatic rings. The van der Waals surface area contributed by atoms with Gasteiger partial charge in [0.25, 0.3) is 6.29 Å². The highest BCUT2D eigenvalue weighted by Gasteiger charge is 2.35. The van der Waals surface area contributed by atoms with E-state index in [1.165, 1.54) is 0 Å². The zero-order valence-corrected chi connectivity index (χ0v) is 11.1. The minimum absolute atomic E-state index is 0.824. The lowest BCUT2D eigenvalue weighted by Gasteiger charge is -2.30. The lowest BCUT2D eigenvalue weighted by atomic mass is 9.96. The van der Waals surface area contributed by atoms with Gasteiger partial charge in [0.15, 0.2) is 12.2 Å². The molecule has 4 N–H and O–H groups in total. The van der Waals surface area contributed by atoms with Crippen molar-refractivity contribution in [3.8, 4) is 0 Å². The summed E-state index contributed by atoms with van der Waals surface area (Å²) in [5, 5.41) is 35.3.